The molecule has 0 spiro atoms. The summed E-state index contributed by atoms with van der Waals surface area (Å²) in [7, 11) is 0. The van der Waals surface area contributed by atoms with Gasteiger partial charge >= 0.3 is 6.18 Å². The third-order valence-electron chi connectivity index (χ3n) is 4.16. The summed E-state index contributed by atoms with van der Waals surface area (Å²) < 4.78 is 37.5. The normalized spacial score (nSPS) is 24.9. The smallest absolute Gasteiger partial charge is 0.330 e. The van der Waals surface area contributed by atoms with Gasteiger partial charge in [-0.25, -0.2) is 0 Å². The quantitative estimate of drug-likeness (QED) is 0.889. The Balaban J connectivity index is 2.00. The number of rotatable bonds is 4. The van der Waals surface area contributed by atoms with Crippen molar-refractivity contribution >= 4 is 0 Å². The van der Waals surface area contributed by atoms with Gasteiger partial charge in [-0.05, 0) is 49.9 Å². The molecule has 1 aliphatic rings. The van der Waals surface area contributed by atoms with E-state index in [1.807, 2.05) is 6.92 Å². The van der Waals surface area contributed by atoms with Crippen LogP contribution in [0.4, 0.5) is 13.2 Å². The van der Waals surface area contributed by atoms with E-state index < -0.39 is 11.7 Å². The molecule has 1 aromatic rings. The fraction of sp³-hybridized carbons (Fsp3) is 0.600. The van der Waals surface area contributed by atoms with E-state index in [2.05, 4.69) is 5.32 Å². The molecule has 1 aromatic carbocycles. The highest BCUT2D eigenvalue weighted by molar-refractivity contribution is 5.26. The molecule has 2 rings (SSSR count). The zero-order valence-electron chi connectivity index (χ0n) is 11.6. The molecule has 0 amide bonds. The monoisotopic (exact) mass is 286 g/mol. The third-order valence-corrected chi connectivity index (χ3v) is 4.16. The molecule has 20 heavy (non-hydrogen) atoms. The molecule has 0 aliphatic heterocycles. The predicted molar refractivity (Wildman–Crippen MR) is 73.2 cm³/mol. The first-order valence-corrected chi connectivity index (χ1v) is 7.05. The molecule has 0 radical (unpaired) electrons. The van der Waals surface area contributed by atoms with Gasteiger partial charge in [-0.15, -0.1) is 0 Å². The van der Waals surface area contributed by atoms with E-state index >= 15 is 0 Å². The molecule has 1 aliphatic carbocycles. The van der Waals surface area contributed by atoms with Crippen molar-refractivity contribution in [2.24, 2.45) is 11.7 Å². The standard InChI is InChI=1S/C15H21F3N2/c1-10(20-14-4-2-3-12(14)9-19)11-5-7-13(8-6-11)15(16,17)18/h5-8,10,12,14,20H,2-4,9,19H2,1H3. The second kappa shape index (κ2) is 6.14. The maximum atomic E-state index is 12.5. The van der Waals surface area contributed by atoms with Crippen molar-refractivity contribution in [2.75, 3.05) is 6.54 Å². The molecular formula is C15H21F3N2. The lowest BCUT2D eigenvalue weighted by Crippen LogP contribution is -2.37. The van der Waals surface area contributed by atoms with Crippen LogP contribution in [0.2, 0.25) is 0 Å². The van der Waals surface area contributed by atoms with Crippen LogP contribution in [0, 0.1) is 5.92 Å². The van der Waals surface area contributed by atoms with E-state index in [9.17, 15) is 13.2 Å². The highest BCUT2D eigenvalue weighted by atomic mass is 19.4. The first kappa shape index (κ1) is 15.3. The summed E-state index contributed by atoms with van der Waals surface area (Å²) in [6.07, 6.45) is -0.884. The summed E-state index contributed by atoms with van der Waals surface area (Å²) in [4.78, 5) is 0. The van der Waals surface area contributed by atoms with Gasteiger partial charge in [0.15, 0.2) is 0 Å². The van der Waals surface area contributed by atoms with Gasteiger partial charge in [0.25, 0.3) is 0 Å². The molecule has 2 nitrogen and oxygen atoms in total. The van der Waals surface area contributed by atoms with Crippen LogP contribution in [0.3, 0.4) is 0 Å². The highest BCUT2D eigenvalue weighted by Gasteiger charge is 2.30. The van der Waals surface area contributed by atoms with Gasteiger partial charge in [0.05, 0.1) is 5.56 Å². The zero-order valence-corrected chi connectivity index (χ0v) is 11.6. The fourth-order valence-electron chi connectivity index (χ4n) is 2.92. The minimum atomic E-state index is -4.27. The number of hydrogen-bond acceptors (Lipinski definition) is 2. The summed E-state index contributed by atoms with van der Waals surface area (Å²) in [5.74, 6) is 0.479. The Morgan fingerprint density at radius 2 is 1.90 bits per heavy atom. The highest BCUT2D eigenvalue weighted by Crippen LogP contribution is 2.31. The van der Waals surface area contributed by atoms with Crippen molar-refractivity contribution in [3.05, 3.63) is 35.4 Å². The van der Waals surface area contributed by atoms with Crippen molar-refractivity contribution < 1.29 is 13.2 Å². The summed E-state index contributed by atoms with van der Waals surface area (Å²) in [6, 6.07) is 5.79. The van der Waals surface area contributed by atoms with Gasteiger partial charge in [0.1, 0.15) is 0 Å². The Bertz CT molecular complexity index is 428. The van der Waals surface area contributed by atoms with Crippen molar-refractivity contribution in [1.29, 1.82) is 0 Å². The van der Waals surface area contributed by atoms with Crippen LogP contribution < -0.4 is 11.1 Å². The molecule has 0 saturated heterocycles. The molecule has 0 aromatic heterocycles. The first-order valence-electron chi connectivity index (χ1n) is 7.05. The third kappa shape index (κ3) is 3.52. The van der Waals surface area contributed by atoms with Crippen molar-refractivity contribution in [3.63, 3.8) is 0 Å². The predicted octanol–water partition coefficient (Wildman–Crippen LogP) is 3.48. The molecule has 3 N–H and O–H groups in total. The van der Waals surface area contributed by atoms with E-state index in [-0.39, 0.29) is 6.04 Å². The molecule has 3 unspecified atom stereocenters. The second-order valence-electron chi connectivity index (χ2n) is 5.54. The van der Waals surface area contributed by atoms with Gasteiger partial charge in [-0.2, -0.15) is 13.2 Å². The molecule has 112 valence electrons. The lowest BCUT2D eigenvalue weighted by atomic mass is 10.0. The topological polar surface area (TPSA) is 38.0 Å². The van der Waals surface area contributed by atoms with Crippen LogP contribution in [0.25, 0.3) is 0 Å². The second-order valence-corrected chi connectivity index (χ2v) is 5.54. The van der Waals surface area contributed by atoms with Gasteiger partial charge in [0.2, 0.25) is 0 Å². The molecule has 0 heterocycles. The molecular weight excluding hydrogens is 265 g/mol. The van der Waals surface area contributed by atoms with Crippen LogP contribution >= 0.6 is 0 Å². The number of nitrogens with two attached hydrogens (primary N) is 1. The van der Waals surface area contributed by atoms with Crippen molar-refractivity contribution in [3.8, 4) is 0 Å². The Kier molecular flexibility index (Phi) is 4.70. The maximum Gasteiger partial charge on any atom is 0.416 e. The van der Waals surface area contributed by atoms with Crippen LogP contribution in [0.15, 0.2) is 24.3 Å². The van der Waals surface area contributed by atoms with Gasteiger partial charge in [0, 0.05) is 12.1 Å². The Morgan fingerprint density at radius 1 is 1.25 bits per heavy atom. The maximum absolute atomic E-state index is 12.5. The molecule has 3 atom stereocenters. The van der Waals surface area contributed by atoms with E-state index in [0.29, 0.717) is 18.5 Å². The number of halogens is 3. The van der Waals surface area contributed by atoms with Crippen LogP contribution in [-0.2, 0) is 6.18 Å². The van der Waals surface area contributed by atoms with Crippen LogP contribution in [0.5, 0.6) is 0 Å². The van der Waals surface area contributed by atoms with E-state index in [0.717, 1.165) is 30.5 Å². The Labute approximate surface area is 117 Å². The summed E-state index contributed by atoms with van der Waals surface area (Å²) in [5, 5.41) is 3.49. The number of nitrogens with one attached hydrogen (secondary N) is 1. The zero-order chi connectivity index (χ0) is 14.8. The fourth-order valence-corrected chi connectivity index (χ4v) is 2.92. The average molecular weight is 286 g/mol. The first-order chi connectivity index (χ1) is 9.41. The molecule has 5 heteroatoms. The SMILES string of the molecule is CC(NC1CCCC1CN)c1ccc(C(F)(F)F)cc1. The Morgan fingerprint density at radius 3 is 2.45 bits per heavy atom. The van der Waals surface area contributed by atoms with Gasteiger partial charge in [-0.1, -0.05) is 18.6 Å². The molecule has 1 saturated carbocycles. The lowest BCUT2D eigenvalue weighted by Gasteiger charge is -2.24. The van der Waals surface area contributed by atoms with E-state index in [1.165, 1.54) is 6.42 Å². The van der Waals surface area contributed by atoms with Gasteiger partial charge in [-0.3, -0.25) is 0 Å². The molecule has 1 fully saturated rings. The van der Waals surface area contributed by atoms with Gasteiger partial charge < -0.3 is 11.1 Å². The minimum absolute atomic E-state index is 0.0365. The summed E-state index contributed by atoms with van der Waals surface area (Å²) in [6.45, 7) is 2.64. The minimum Gasteiger partial charge on any atom is -0.330 e. The van der Waals surface area contributed by atoms with Crippen LogP contribution in [0.1, 0.15) is 43.4 Å². The van der Waals surface area contributed by atoms with E-state index in [1.54, 1.807) is 12.1 Å². The average Bonchev–Trinajstić information content (AvgIpc) is 2.85. The number of alkyl halides is 3. The summed E-state index contributed by atoms with van der Waals surface area (Å²) in [5.41, 5.74) is 6.01. The molecule has 0 bridgehead atoms. The number of hydrogen-bond donors (Lipinski definition) is 2. The Hall–Kier alpha value is -1.07. The summed E-state index contributed by atoms with van der Waals surface area (Å²) >= 11 is 0. The van der Waals surface area contributed by atoms with Crippen molar-refractivity contribution in [1.82, 2.24) is 5.32 Å². The van der Waals surface area contributed by atoms with Crippen molar-refractivity contribution in [2.45, 2.75) is 44.4 Å². The lowest BCUT2D eigenvalue weighted by molar-refractivity contribution is -0.137. The van der Waals surface area contributed by atoms with E-state index in [4.69, 9.17) is 5.73 Å². The number of benzene rings is 1. The largest absolute Gasteiger partial charge is 0.416 e. The van der Waals surface area contributed by atoms with Crippen LogP contribution in [-0.4, -0.2) is 12.6 Å².